The van der Waals surface area contributed by atoms with Gasteiger partial charge in [0.1, 0.15) is 0 Å². The molecule has 1 aliphatic heterocycles. The lowest BCUT2D eigenvalue weighted by Crippen LogP contribution is -2.52. The van der Waals surface area contributed by atoms with Gasteiger partial charge in [0.25, 0.3) is 0 Å². The van der Waals surface area contributed by atoms with E-state index in [1.807, 2.05) is 7.05 Å². The number of methoxy groups -OCH3 is 1. The number of hydrogen-bond acceptors (Lipinski definition) is 3. The lowest BCUT2D eigenvalue weighted by Gasteiger charge is -2.36. The molecule has 0 bridgehead atoms. The Bertz CT molecular complexity index is 441. The van der Waals surface area contributed by atoms with E-state index < -0.39 is 0 Å². The molecule has 2 rings (SSSR count). The predicted molar refractivity (Wildman–Crippen MR) is 91.1 cm³/mol. The standard InChI is InChI=1S/C17H28N4O/c1-18-17(19-9-6-14-22-2)21-12-10-20(11-13-21)15-16-7-4-3-5-8-16/h3-5,7-8H,6,9-15H2,1-2H3,(H,18,19). The zero-order chi connectivity index (χ0) is 15.6. The molecule has 0 saturated carbocycles. The Labute approximate surface area is 134 Å². The van der Waals surface area contributed by atoms with Crippen molar-refractivity contribution in [2.45, 2.75) is 13.0 Å². The highest BCUT2D eigenvalue weighted by molar-refractivity contribution is 5.79. The minimum Gasteiger partial charge on any atom is -0.385 e. The van der Waals surface area contributed by atoms with E-state index in [0.717, 1.165) is 58.3 Å². The molecule has 0 radical (unpaired) electrons. The number of benzene rings is 1. The van der Waals surface area contributed by atoms with Crippen molar-refractivity contribution in [3.63, 3.8) is 0 Å². The maximum Gasteiger partial charge on any atom is 0.193 e. The minimum atomic E-state index is 0.787. The van der Waals surface area contributed by atoms with E-state index >= 15 is 0 Å². The van der Waals surface area contributed by atoms with Crippen LogP contribution in [0, 0.1) is 0 Å². The molecule has 0 aromatic heterocycles. The summed E-state index contributed by atoms with van der Waals surface area (Å²) in [6, 6.07) is 10.7. The Morgan fingerprint density at radius 1 is 1.18 bits per heavy atom. The Balaban J connectivity index is 1.73. The first-order valence-electron chi connectivity index (χ1n) is 8.04. The third-order valence-corrected chi connectivity index (χ3v) is 3.94. The summed E-state index contributed by atoms with van der Waals surface area (Å²) < 4.78 is 5.07. The number of aliphatic imine (C=N–C) groups is 1. The molecular weight excluding hydrogens is 276 g/mol. The van der Waals surface area contributed by atoms with Crippen molar-refractivity contribution in [2.75, 3.05) is 53.5 Å². The predicted octanol–water partition coefficient (Wildman–Crippen LogP) is 1.42. The molecular formula is C17H28N4O. The fourth-order valence-electron chi connectivity index (χ4n) is 2.71. The lowest BCUT2D eigenvalue weighted by molar-refractivity contribution is 0.171. The number of nitrogens with one attached hydrogen (secondary N) is 1. The van der Waals surface area contributed by atoms with Crippen LogP contribution in [0.15, 0.2) is 35.3 Å². The Kier molecular flexibility index (Phi) is 7.19. The average molecular weight is 304 g/mol. The molecule has 1 aromatic rings. The molecule has 22 heavy (non-hydrogen) atoms. The minimum absolute atomic E-state index is 0.787. The van der Waals surface area contributed by atoms with Gasteiger partial charge in [-0.05, 0) is 12.0 Å². The summed E-state index contributed by atoms with van der Waals surface area (Å²) >= 11 is 0. The molecule has 0 unspecified atom stereocenters. The second kappa shape index (κ2) is 9.43. The van der Waals surface area contributed by atoms with Crippen molar-refractivity contribution in [3.8, 4) is 0 Å². The van der Waals surface area contributed by atoms with E-state index in [4.69, 9.17) is 4.74 Å². The van der Waals surface area contributed by atoms with Crippen LogP contribution < -0.4 is 5.32 Å². The second-order valence-corrected chi connectivity index (χ2v) is 5.57. The van der Waals surface area contributed by atoms with Gasteiger partial charge < -0.3 is 15.0 Å². The van der Waals surface area contributed by atoms with E-state index in [1.54, 1.807) is 7.11 Å². The largest absolute Gasteiger partial charge is 0.385 e. The number of rotatable bonds is 6. The maximum absolute atomic E-state index is 5.07. The molecule has 1 heterocycles. The maximum atomic E-state index is 5.07. The quantitative estimate of drug-likeness (QED) is 0.490. The van der Waals surface area contributed by atoms with Gasteiger partial charge in [0, 0.05) is 60.0 Å². The summed E-state index contributed by atoms with van der Waals surface area (Å²) in [4.78, 5) is 9.24. The Hall–Kier alpha value is -1.59. The van der Waals surface area contributed by atoms with Gasteiger partial charge in [-0.2, -0.15) is 0 Å². The van der Waals surface area contributed by atoms with Crippen LogP contribution in [0.5, 0.6) is 0 Å². The molecule has 0 atom stereocenters. The average Bonchev–Trinajstić information content (AvgIpc) is 2.57. The molecule has 0 aliphatic carbocycles. The lowest BCUT2D eigenvalue weighted by atomic mass is 10.2. The highest BCUT2D eigenvalue weighted by atomic mass is 16.5. The third kappa shape index (κ3) is 5.31. The van der Waals surface area contributed by atoms with Crippen LogP contribution in [0.4, 0.5) is 0 Å². The molecule has 1 saturated heterocycles. The third-order valence-electron chi connectivity index (χ3n) is 3.94. The summed E-state index contributed by atoms with van der Waals surface area (Å²) in [5.74, 6) is 1.01. The monoisotopic (exact) mass is 304 g/mol. The highest BCUT2D eigenvalue weighted by Crippen LogP contribution is 2.08. The van der Waals surface area contributed by atoms with Crippen LogP contribution in [-0.4, -0.2) is 69.2 Å². The van der Waals surface area contributed by atoms with Gasteiger partial charge >= 0.3 is 0 Å². The SMILES string of the molecule is CN=C(NCCCOC)N1CCN(Cc2ccccc2)CC1. The number of ether oxygens (including phenoxy) is 1. The van der Waals surface area contributed by atoms with Gasteiger partial charge in [-0.1, -0.05) is 30.3 Å². The van der Waals surface area contributed by atoms with E-state index in [2.05, 4.69) is 50.4 Å². The van der Waals surface area contributed by atoms with Gasteiger partial charge in [0.15, 0.2) is 5.96 Å². The van der Waals surface area contributed by atoms with Crippen molar-refractivity contribution in [2.24, 2.45) is 4.99 Å². The van der Waals surface area contributed by atoms with Crippen LogP contribution in [-0.2, 0) is 11.3 Å². The van der Waals surface area contributed by atoms with Crippen LogP contribution in [0.3, 0.4) is 0 Å². The number of hydrogen-bond donors (Lipinski definition) is 1. The van der Waals surface area contributed by atoms with Gasteiger partial charge in [-0.3, -0.25) is 9.89 Å². The number of guanidine groups is 1. The van der Waals surface area contributed by atoms with E-state index in [-0.39, 0.29) is 0 Å². The first kappa shape index (κ1) is 16.8. The highest BCUT2D eigenvalue weighted by Gasteiger charge is 2.19. The first-order valence-corrected chi connectivity index (χ1v) is 8.04. The second-order valence-electron chi connectivity index (χ2n) is 5.57. The molecule has 0 spiro atoms. The topological polar surface area (TPSA) is 40.1 Å². The van der Waals surface area contributed by atoms with Gasteiger partial charge in [-0.25, -0.2) is 0 Å². The molecule has 5 nitrogen and oxygen atoms in total. The summed E-state index contributed by atoms with van der Waals surface area (Å²) in [6.45, 7) is 6.93. The summed E-state index contributed by atoms with van der Waals surface area (Å²) in [6.07, 6.45) is 1.00. The van der Waals surface area contributed by atoms with Crippen molar-refractivity contribution in [3.05, 3.63) is 35.9 Å². The van der Waals surface area contributed by atoms with Crippen molar-refractivity contribution in [1.82, 2.24) is 15.1 Å². The first-order chi connectivity index (χ1) is 10.8. The molecule has 1 aliphatic rings. The van der Waals surface area contributed by atoms with Crippen LogP contribution >= 0.6 is 0 Å². The number of nitrogens with zero attached hydrogens (tertiary/aromatic N) is 3. The summed E-state index contributed by atoms with van der Waals surface area (Å²) in [5.41, 5.74) is 1.39. The van der Waals surface area contributed by atoms with Crippen molar-refractivity contribution in [1.29, 1.82) is 0 Å². The van der Waals surface area contributed by atoms with Crippen molar-refractivity contribution >= 4 is 5.96 Å². The Morgan fingerprint density at radius 2 is 1.91 bits per heavy atom. The zero-order valence-corrected chi connectivity index (χ0v) is 13.8. The van der Waals surface area contributed by atoms with Crippen LogP contribution in [0.25, 0.3) is 0 Å². The molecule has 1 fully saturated rings. The van der Waals surface area contributed by atoms with E-state index in [1.165, 1.54) is 5.56 Å². The molecule has 0 amide bonds. The van der Waals surface area contributed by atoms with Gasteiger partial charge in [-0.15, -0.1) is 0 Å². The Morgan fingerprint density at radius 3 is 2.55 bits per heavy atom. The summed E-state index contributed by atoms with van der Waals surface area (Å²) in [5, 5.41) is 3.42. The van der Waals surface area contributed by atoms with E-state index in [9.17, 15) is 0 Å². The van der Waals surface area contributed by atoms with Gasteiger partial charge in [0.05, 0.1) is 0 Å². The molecule has 122 valence electrons. The molecule has 1 aromatic carbocycles. The molecule has 5 heteroatoms. The van der Waals surface area contributed by atoms with Gasteiger partial charge in [0.2, 0.25) is 0 Å². The van der Waals surface area contributed by atoms with Crippen LogP contribution in [0.2, 0.25) is 0 Å². The number of piperazine rings is 1. The fraction of sp³-hybridized carbons (Fsp3) is 0.588. The smallest absolute Gasteiger partial charge is 0.193 e. The van der Waals surface area contributed by atoms with E-state index in [0.29, 0.717) is 0 Å². The zero-order valence-electron chi connectivity index (χ0n) is 13.8. The van der Waals surface area contributed by atoms with Crippen molar-refractivity contribution < 1.29 is 4.74 Å². The summed E-state index contributed by atoms with van der Waals surface area (Å²) in [7, 11) is 3.59. The normalized spacial score (nSPS) is 16.8. The molecule has 1 N–H and O–H groups in total. The van der Waals surface area contributed by atoms with Crippen LogP contribution in [0.1, 0.15) is 12.0 Å². The fourth-order valence-corrected chi connectivity index (χ4v) is 2.71.